The molecule has 0 saturated heterocycles. The number of thiazole rings is 1. The Bertz CT molecular complexity index is 1220. The lowest BCUT2D eigenvalue weighted by Crippen LogP contribution is -2.26. The fraction of sp³-hybridized carbons (Fsp3) is 0.304. The monoisotopic (exact) mass is 417 g/mol. The molecule has 1 fully saturated rings. The first-order chi connectivity index (χ1) is 14.5. The minimum Gasteiger partial charge on any atom is -0.268 e. The van der Waals surface area contributed by atoms with Crippen molar-refractivity contribution in [3.05, 3.63) is 64.9 Å². The van der Waals surface area contributed by atoms with Gasteiger partial charge in [0.05, 0.1) is 28.5 Å². The number of benzene rings is 1. The number of anilines is 2. The van der Waals surface area contributed by atoms with Crippen LogP contribution in [0.15, 0.2) is 48.0 Å². The van der Waals surface area contributed by atoms with Crippen molar-refractivity contribution in [1.29, 1.82) is 0 Å². The van der Waals surface area contributed by atoms with Gasteiger partial charge in [0.1, 0.15) is 0 Å². The zero-order chi connectivity index (χ0) is 20.8. The predicted molar refractivity (Wildman–Crippen MR) is 120 cm³/mol. The van der Waals surface area contributed by atoms with E-state index in [0.717, 1.165) is 41.0 Å². The Hall–Kier alpha value is -3.06. The molecule has 4 aromatic rings. The van der Waals surface area contributed by atoms with Gasteiger partial charge in [0.2, 0.25) is 0 Å². The molecular formula is C23H23N5OS. The molecule has 1 saturated carbocycles. The van der Waals surface area contributed by atoms with Crippen molar-refractivity contribution in [2.45, 2.75) is 45.6 Å². The zero-order valence-corrected chi connectivity index (χ0v) is 18.1. The van der Waals surface area contributed by atoms with E-state index in [-0.39, 0.29) is 11.9 Å². The normalized spacial score (nSPS) is 13.9. The van der Waals surface area contributed by atoms with Crippen molar-refractivity contribution in [3.63, 3.8) is 0 Å². The average molecular weight is 418 g/mol. The number of rotatable bonds is 5. The standard InChI is InChI=1S/C23H23N5OS/c1-14(2)28-21-19(12-24-28)18(11-20(26-21)16-9-10-16)22(29)27(17-7-5-4-6-8-17)23-25-15(3)13-30-23/h4-8,11-14,16H,9-10H2,1-3H3. The molecular weight excluding hydrogens is 394 g/mol. The molecule has 1 amide bonds. The number of carbonyl (C=O) groups is 1. The minimum atomic E-state index is -0.104. The number of hydrogen-bond donors (Lipinski definition) is 0. The van der Waals surface area contributed by atoms with E-state index in [4.69, 9.17) is 4.98 Å². The van der Waals surface area contributed by atoms with Crippen LogP contribution in [0.5, 0.6) is 0 Å². The summed E-state index contributed by atoms with van der Waals surface area (Å²) in [4.78, 5) is 25.2. The van der Waals surface area contributed by atoms with Crippen LogP contribution in [0, 0.1) is 6.92 Å². The maximum absolute atomic E-state index is 14.0. The summed E-state index contributed by atoms with van der Waals surface area (Å²) in [6, 6.07) is 11.8. The van der Waals surface area contributed by atoms with E-state index >= 15 is 0 Å². The van der Waals surface area contributed by atoms with Crippen molar-refractivity contribution in [2.75, 3.05) is 4.90 Å². The molecule has 30 heavy (non-hydrogen) atoms. The summed E-state index contributed by atoms with van der Waals surface area (Å²) in [6.07, 6.45) is 4.01. The average Bonchev–Trinajstić information content (AvgIpc) is 3.37. The van der Waals surface area contributed by atoms with Crippen LogP contribution >= 0.6 is 11.3 Å². The molecule has 0 spiro atoms. The van der Waals surface area contributed by atoms with Gasteiger partial charge in [0.25, 0.3) is 5.91 Å². The van der Waals surface area contributed by atoms with E-state index in [2.05, 4.69) is 23.9 Å². The molecule has 0 N–H and O–H groups in total. The molecule has 0 aliphatic heterocycles. The smallest absolute Gasteiger partial charge is 0.265 e. The summed E-state index contributed by atoms with van der Waals surface area (Å²) >= 11 is 1.47. The van der Waals surface area contributed by atoms with Crippen molar-refractivity contribution in [3.8, 4) is 0 Å². The van der Waals surface area contributed by atoms with Gasteiger partial charge in [-0.1, -0.05) is 18.2 Å². The maximum Gasteiger partial charge on any atom is 0.265 e. The lowest BCUT2D eigenvalue weighted by Gasteiger charge is -2.21. The number of amides is 1. The molecule has 0 atom stereocenters. The predicted octanol–water partition coefficient (Wildman–Crippen LogP) is 5.63. The van der Waals surface area contributed by atoms with Crippen molar-refractivity contribution < 1.29 is 4.79 Å². The lowest BCUT2D eigenvalue weighted by molar-refractivity contribution is 0.100. The summed E-state index contributed by atoms with van der Waals surface area (Å²) in [7, 11) is 0. The first kappa shape index (κ1) is 18.9. The van der Waals surface area contributed by atoms with E-state index in [0.29, 0.717) is 16.6 Å². The van der Waals surface area contributed by atoms with Gasteiger partial charge < -0.3 is 0 Å². The fourth-order valence-corrected chi connectivity index (χ4v) is 4.46. The summed E-state index contributed by atoms with van der Waals surface area (Å²) in [5.74, 6) is 0.330. The molecule has 1 aromatic carbocycles. The highest BCUT2D eigenvalue weighted by Gasteiger charge is 2.30. The number of pyridine rings is 1. The van der Waals surface area contributed by atoms with Crippen LogP contribution in [0.4, 0.5) is 10.8 Å². The number of hydrogen-bond acceptors (Lipinski definition) is 5. The van der Waals surface area contributed by atoms with Gasteiger partial charge in [-0.3, -0.25) is 9.69 Å². The number of para-hydroxylation sites is 1. The van der Waals surface area contributed by atoms with Gasteiger partial charge in [-0.25, -0.2) is 14.6 Å². The molecule has 1 aliphatic rings. The summed E-state index contributed by atoms with van der Waals surface area (Å²) < 4.78 is 1.90. The van der Waals surface area contributed by atoms with Crippen LogP contribution in [-0.4, -0.2) is 25.7 Å². The molecule has 0 unspecified atom stereocenters. The highest BCUT2D eigenvalue weighted by molar-refractivity contribution is 7.14. The summed E-state index contributed by atoms with van der Waals surface area (Å²) in [5, 5.41) is 7.95. The third-order valence-electron chi connectivity index (χ3n) is 5.32. The molecule has 5 rings (SSSR count). The molecule has 7 heteroatoms. The Kier molecular flexibility index (Phi) is 4.62. The molecule has 3 aromatic heterocycles. The SMILES string of the molecule is Cc1csc(N(C(=O)c2cc(C3CC3)nc3c2cnn3C(C)C)c2ccccc2)n1. The molecule has 0 radical (unpaired) electrons. The largest absolute Gasteiger partial charge is 0.268 e. The summed E-state index contributed by atoms with van der Waals surface area (Å²) in [5.41, 5.74) is 4.09. The number of nitrogens with zero attached hydrogens (tertiary/aromatic N) is 5. The van der Waals surface area contributed by atoms with Crippen molar-refractivity contribution >= 4 is 39.1 Å². The molecule has 1 aliphatic carbocycles. The van der Waals surface area contributed by atoms with Crippen LogP contribution in [0.3, 0.4) is 0 Å². The molecule has 152 valence electrons. The van der Waals surface area contributed by atoms with Crippen molar-refractivity contribution in [2.24, 2.45) is 0 Å². The van der Waals surface area contributed by atoms with Gasteiger partial charge in [-0.15, -0.1) is 11.3 Å². The van der Waals surface area contributed by atoms with E-state index < -0.39 is 0 Å². The number of fused-ring (bicyclic) bond motifs is 1. The Morgan fingerprint density at radius 2 is 1.97 bits per heavy atom. The van der Waals surface area contributed by atoms with Gasteiger partial charge in [-0.2, -0.15) is 5.10 Å². The third-order valence-corrected chi connectivity index (χ3v) is 6.26. The second-order valence-corrected chi connectivity index (χ2v) is 8.87. The van der Waals surface area contributed by atoms with Crippen LogP contribution in [0.25, 0.3) is 11.0 Å². The van der Waals surface area contributed by atoms with Crippen LogP contribution < -0.4 is 4.90 Å². The molecule has 6 nitrogen and oxygen atoms in total. The van der Waals surface area contributed by atoms with Crippen LogP contribution in [0.2, 0.25) is 0 Å². The van der Waals surface area contributed by atoms with Gasteiger partial charge in [0, 0.05) is 23.0 Å². The fourth-order valence-electron chi connectivity index (χ4n) is 3.64. The minimum absolute atomic E-state index is 0.104. The second-order valence-electron chi connectivity index (χ2n) is 8.04. The quantitative estimate of drug-likeness (QED) is 0.422. The Balaban J connectivity index is 1.70. The second kappa shape index (κ2) is 7.32. The maximum atomic E-state index is 14.0. The van der Waals surface area contributed by atoms with E-state index in [9.17, 15) is 4.79 Å². The number of carbonyl (C=O) groups excluding carboxylic acids is 1. The van der Waals surface area contributed by atoms with Gasteiger partial charge in [0.15, 0.2) is 10.8 Å². The first-order valence-electron chi connectivity index (χ1n) is 10.2. The Morgan fingerprint density at radius 1 is 1.20 bits per heavy atom. The van der Waals surface area contributed by atoms with E-state index in [1.807, 2.05) is 53.4 Å². The number of aromatic nitrogens is 4. The highest BCUT2D eigenvalue weighted by Crippen LogP contribution is 2.41. The third kappa shape index (κ3) is 3.29. The Labute approximate surface area is 179 Å². The van der Waals surface area contributed by atoms with E-state index in [1.54, 1.807) is 11.1 Å². The number of aryl methyl sites for hydroxylation is 1. The van der Waals surface area contributed by atoms with Crippen molar-refractivity contribution in [1.82, 2.24) is 19.7 Å². The summed E-state index contributed by atoms with van der Waals surface area (Å²) in [6.45, 7) is 6.10. The molecule has 0 bridgehead atoms. The van der Waals surface area contributed by atoms with Gasteiger partial charge >= 0.3 is 0 Å². The van der Waals surface area contributed by atoms with Gasteiger partial charge in [-0.05, 0) is 51.8 Å². The highest BCUT2D eigenvalue weighted by atomic mass is 32.1. The Morgan fingerprint density at radius 3 is 2.60 bits per heavy atom. The van der Waals surface area contributed by atoms with Crippen LogP contribution in [0.1, 0.15) is 60.4 Å². The lowest BCUT2D eigenvalue weighted by atomic mass is 10.1. The van der Waals surface area contributed by atoms with E-state index in [1.165, 1.54) is 11.3 Å². The van der Waals surface area contributed by atoms with Crippen LogP contribution in [-0.2, 0) is 0 Å². The zero-order valence-electron chi connectivity index (χ0n) is 17.2. The topological polar surface area (TPSA) is 63.9 Å². The molecule has 3 heterocycles. The first-order valence-corrected chi connectivity index (χ1v) is 11.1.